The molecule has 0 amide bonds. The second-order valence-electron chi connectivity index (χ2n) is 8.21. The first-order valence-electron chi connectivity index (χ1n) is 11.4. The molecule has 2 aromatic heterocycles. The molecule has 1 aliphatic rings. The molecule has 0 radical (unpaired) electrons. The molecule has 12 heteroatoms. The number of aromatic amines is 1. The molecule has 1 aliphatic heterocycles. The zero-order chi connectivity index (χ0) is 24.5. The van der Waals surface area contributed by atoms with Crippen LogP contribution in [0.1, 0.15) is 31.8 Å². The average molecular weight is 491 g/mol. The first-order valence-corrected chi connectivity index (χ1v) is 12.8. The van der Waals surface area contributed by atoms with E-state index in [-0.39, 0.29) is 28.9 Å². The predicted molar refractivity (Wildman–Crippen MR) is 127 cm³/mol. The number of aliphatic hydroxyl groups is 1. The van der Waals surface area contributed by atoms with Gasteiger partial charge in [0.1, 0.15) is 11.6 Å². The molecule has 3 heterocycles. The third kappa shape index (κ3) is 4.45. The van der Waals surface area contributed by atoms with Crippen molar-refractivity contribution in [1.82, 2.24) is 29.2 Å². The molecule has 0 atom stereocenters. The first kappa shape index (κ1) is 24.3. The van der Waals surface area contributed by atoms with Crippen molar-refractivity contribution < 1.29 is 18.3 Å². The van der Waals surface area contributed by atoms with E-state index in [0.29, 0.717) is 61.0 Å². The topological polar surface area (TPSA) is 142 Å². The Labute approximate surface area is 197 Å². The van der Waals surface area contributed by atoms with E-state index in [2.05, 4.69) is 20.4 Å². The van der Waals surface area contributed by atoms with Crippen molar-refractivity contribution in [2.75, 3.05) is 32.8 Å². The third-order valence-electron chi connectivity index (χ3n) is 5.75. The smallest absolute Gasteiger partial charge is 0.277 e. The Morgan fingerprint density at radius 3 is 2.74 bits per heavy atom. The molecule has 3 N–H and O–H groups in total. The molecular formula is C22H30N6O5S. The summed E-state index contributed by atoms with van der Waals surface area (Å²) in [5, 5.41) is 16.6. The standard InChI is InChI=1S/C22H30N6O5S/c1-4-6-19-24-14(3)20-22(30)25-21(26-28(19)20)17-11-16(7-8-18(17)33-5-2)34(31,32)27-12-15(13-27)23-9-10-29/h7-8,11,15,23,29H,4-6,9-10,12-13H2,1-3H3,(H,25,26,30). The molecule has 1 saturated heterocycles. The van der Waals surface area contributed by atoms with E-state index in [1.165, 1.54) is 21.0 Å². The minimum Gasteiger partial charge on any atom is -0.493 e. The molecule has 0 unspecified atom stereocenters. The number of hydrogen-bond donors (Lipinski definition) is 3. The Kier molecular flexibility index (Phi) is 7.03. The lowest BCUT2D eigenvalue weighted by atomic mass is 10.2. The molecule has 11 nitrogen and oxygen atoms in total. The van der Waals surface area contributed by atoms with Crippen LogP contribution in [0.15, 0.2) is 27.9 Å². The predicted octanol–water partition coefficient (Wildman–Crippen LogP) is 0.699. The van der Waals surface area contributed by atoms with Gasteiger partial charge in [-0.15, -0.1) is 5.10 Å². The quantitative estimate of drug-likeness (QED) is 0.377. The fourth-order valence-electron chi connectivity index (χ4n) is 4.06. The number of ether oxygens (including phenoxy) is 1. The normalized spacial score (nSPS) is 15.1. The van der Waals surface area contributed by atoms with Crippen molar-refractivity contribution in [2.24, 2.45) is 0 Å². The van der Waals surface area contributed by atoms with Crippen molar-refractivity contribution >= 4 is 15.5 Å². The van der Waals surface area contributed by atoms with E-state index >= 15 is 0 Å². The summed E-state index contributed by atoms with van der Waals surface area (Å²) in [6.07, 6.45) is 1.49. The molecule has 184 valence electrons. The van der Waals surface area contributed by atoms with Crippen LogP contribution < -0.4 is 15.6 Å². The fourth-order valence-corrected chi connectivity index (χ4v) is 5.62. The van der Waals surface area contributed by atoms with Gasteiger partial charge in [-0.1, -0.05) is 6.92 Å². The van der Waals surface area contributed by atoms with Crippen LogP contribution in [-0.2, 0) is 16.4 Å². The van der Waals surface area contributed by atoms with Gasteiger partial charge in [-0.2, -0.15) is 4.31 Å². The van der Waals surface area contributed by atoms with Gasteiger partial charge in [0.05, 0.1) is 29.4 Å². The number of fused-ring (bicyclic) bond motifs is 1. The van der Waals surface area contributed by atoms with Gasteiger partial charge in [0.15, 0.2) is 11.3 Å². The highest BCUT2D eigenvalue weighted by molar-refractivity contribution is 7.89. The number of sulfonamides is 1. The number of nitrogens with zero attached hydrogens (tertiary/aromatic N) is 4. The summed E-state index contributed by atoms with van der Waals surface area (Å²) in [5.74, 6) is 1.30. The van der Waals surface area contributed by atoms with Crippen LogP contribution in [0.5, 0.6) is 5.75 Å². The molecule has 0 saturated carbocycles. The number of aryl methyl sites for hydroxylation is 2. The summed E-state index contributed by atoms with van der Waals surface area (Å²) < 4.78 is 35.1. The van der Waals surface area contributed by atoms with E-state index in [1.54, 1.807) is 13.0 Å². The van der Waals surface area contributed by atoms with E-state index in [1.807, 2.05) is 13.8 Å². The van der Waals surface area contributed by atoms with Crippen LogP contribution in [0.4, 0.5) is 0 Å². The van der Waals surface area contributed by atoms with Gasteiger partial charge in [0.2, 0.25) is 10.0 Å². The number of aliphatic hydroxyl groups excluding tert-OH is 1. The lowest BCUT2D eigenvalue weighted by Crippen LogP contribution is -2.59. The van der Waals surface area contributed by atoms with Gasteiger partial charge >= 0.3 is 0 Å². The Hall–Kier alpha value is -2.80. The van der Waals surface area contributed by atoms with Crippen LogP contribution in [0.25, 0.3) is 16.9 Å². The number of H-pyrrole nitrogens is 1. The lowest BCUT2D eigenvalue weighted by molar-refractivity contribution is 0.208. The highest BCUT2D eigenvalue weighted by atomic mass is 32.2. The van der Waals surface area contributed by atoms with E-state index in [0.717, 1.165) is 6.42 Å². The maximum Gasteiger partial charge on any atom is 0.277 e. The molecule has 1 aromatic carbocycles. The summed E-state index contributed by atoms with van der Waals surface area (Å²) >= 11 is 0. The van der Waals surface area contributed by atoms with Gasteiger partial charge in [0.25, 0.3) is 5.56 Å². The summed E-state index contributed by atoms with van der Waals surface area (Å²) in [6, 6.07) is 4.58. The van der Waals surface area contributed by atoms with Crippen molar-refractivity contribution in [2.45, 2.75) is 44.6 Å². The number of hydrogen-bond acceptors (Lipinski definition) is 8. The summed E-state index contributed by atoms with van der Waals surface area (Å²) in [7, 11) is -3.75. The number of rotatable bonds is 10. The van der Waals surface area contributed by atoms with Gasteiger partial charge in [-0.05, 0) is 38.5 Å². The van der Waals surface area contributed by atoms with Crippen molar-refractivity contribution in [1.29, 1.82) is 0 Å². The van der Waals surface area contributed by atoms with Gasteiger partial charge < -0.3 is 20.1 Å². The van der Waals surface area contributed by atoms with Crippen LogP contribution in [0.2, 0.25) is 0 Å². The molecule has 4 rings (SSSR count). The Morgan fingerprint density at radius 1 is 1.29 bits per heavy atom. The highest BCUT2D eigenvalue weighted by Gasteiger charge is 2.36. The van der Waals surface area contributed by atoms with Crippen molar-refractivity contribution in [3.05, 3.63) is 40.1 Å². The molecule has 3 aromatic rings. The molecule has 1 fully saturated rings. The van der Waals surface area contributed by atoms with Crippen molar-refractivity contribution in [3.8, 4) is 17.1 Å². The van der Waals surface area contributed by atoms with Crippen LogP contribution in [0, 0.1) is 6.92 Å². The number of nitrogens with one attached hydrogen (secondary N) is 2. The van der Waals surface area contributed by atoms with Gasteiger partial charge in [0, 0.05) is 32.1 Å². The monoisotopic (exact) mass is 490 g/mol. The van der Waals surface area contributed by atoms with E-state index in [9.17, 15) is 13.2 Å². The highest BCUT2D eigenvalue weighted by Crippen LogP contribution is 2.32. The zero-order valence-electron chi connectivity index (χ0n) is 19.5. The second kappa shape index (κ2) is 9.82. The first-order chi connectivity index (χ1) is 16.3. The maximum atomic E-state index is 13.2. The third-order valence-corrected chi connectivity index (χ3v) is 7.58. The lowest BCUT2D eigenvalue weighted by Gasteiger charge is -2.38. The minimum absolute atomic E-state index is 0.00252. The average Bonchev–Trinajstić information content (AvgIpc) is 3.09. The van der Waals surface area contributed by atoms with E-state index < -0.39 is 10.0 Å². The SMILES string of the molecule is CCCc1nc(C)c2c(=O)[nH]c(-c3cc(S(=O)(=O)N4CC(NCCO)C4)ccc3OCC)nn12. The molecule has 0 bridgehead atoms. The van der Waals surface area contributed by atoms with Crippen LogP contribution >= 0.6 is 0 Å². The Morgan fingerprint density at radius 2 is 2.06 bits per heavy atom. The molecule has 0 spiro atoms. The molecule has 0 aliphatic carbocycles. The zero-order valence-corrected chi connectivity index (χ0v) is 20.4. The number of aromatic nitrogens is 4. The van der Waals surface area contributed by atoms with Crippen LogP contribution in [0.3, 0.4) is 0 Å². The number of benzene rings is 1. The van der Waals surface area contributed by atoms with Gasteiger partial charge in [-0.25, -0.2) is 17.9 Å². The molecular weight excluding hydrogens is 460 g/mol. The fraction of sp³-hybridized carbons (Fsp3) is 0.500. The minimum atomic E-state index is -3.75. The summed E-state index contributed by atoms with van der Waals surface area (Å²) in [5.41, 5.74) is 0.989. The summed E-state index contributed by atoms with van der Waals surface area (Å²) in [4.78, 5) is 20.3. The largest absolute Gasteiger partial charge is 0.493 e. The summed E-state index contributed by atoms with van der Waals surface area (Å²) in [6.45, 7) is 7.03. The van der Waals surface area contributed by atoms with Crippen LogP contribution in [-0.4, -0.2) is 76.3 Å². The van der Waals surface area contributed by atoms with Gasteiger partial charge in [-0.3, -0.25) is 4.79 Å². The Bertz CT molecular complexity index is 1340. The number of imidazole rings is 1. The maximum absolute atomic E-state index is 13.2. The van der Waals surface area contributed by atoms with Crippen molar-refractivity contribution in [3.63, 3.8) is 0 Å². The van der Waals surface area contributed by atoms with E-state index in [4.69, 9.17) is 9.84 Å². The second-order valence-corrected chi connectivity index (χ2v) is 10.2. The Balaban J connectivity index is 1.76. The molecule has 34 heavy (non-hydrogen) atoms.